The van der Waals surface area contributed by atoms with Crippen LogP contribution in [0.3, 0.4) is 0 Å². The summed E-state index contributed by atoms with van der Waals surface area (Å²) in [6, 6.07) is 3.94. The van der Waals surface area contributed by atoms with E-state index in [-0.39, 0.29) is 17.2 Å². The predicted molar refractivity (Wildman–Crippen MR) is 70.5 cm³/mol. The molecule has 2 N–H and O–H groups in total. The van der Waals surface area contributed by atoms with Crippen molar-refractivity contribution >= 4 is 5.91 Å². The molecule has 0 saturated carbocycles. The first-order valence-electron chi connectivity index (χ1n) is 6.54. The van der Waals surface area contributed by atoms with E-state index in [1.165, 1.54) is 0 Å². The van der Waals surface area contributed by atoms with Gasteiger partial charge in [0.1, 0.15) is 11.5 Å². The van der Waals surface area contributed by atoms with Gasteiger partial charge < -0.3 is 15.1 Å². The lowest BCUT2D eigenvalue weighted by molar-refractivity contribution is -0.124. The highest BCUT2D eigenvalue weighted by Crippen LogP contribution is 2.24. The van der Waals surface area contributed by atoms with Gasteiger partial charge >= 0.3 is 0 Å². The van der Waals surface area contributed by atoms with E-state index in [9.17, 15) is 4.79 Å². The van der Waals surface area contributed by atoms with Crippen LogP contribution in [0.5, 0.6) is 0 Å². The van der Waals surface area contributed by atoms with E-state index in [4.69, 9.17) is 4.42 Å². The normalized spacial score (nSPS) is 20.1. The van der Waals surface area contributed by atoms with Crippen LogP contribution >= 0.6 is 0 Å². The topological polar surface area (TPSA) is 54.3 Å². The number of nitrogens with one attached hydrogen (secondary N) is 2. The van der Waals surface area contributed by atoms with Crippen molar-refractivity contribution in [3.63, 3.8) is 0 Å². The fraction of sp³-hybridized carbons (Fsp3) is 0.643. The Morgan fingerprint density at radius 3 is 2.89 bits per heavy atom. The minimum absolute atomic E-state index is 0.124. The molecule has 1 saturated heterocycles. The summed E-state index contributed by atoms with van der Waals surface area (Å²) in [4.78, 5) is 11.9. The molecule has 100 valence electrons. The van der Waals surface area contributed by atoms with Crippen LogP contribution < -0.4 is 10.6 Å². The van der Waals surface area contributed by atoms with Crippen molar-refractivity contribution in [2.24, 2.45) is 5.92 Å². The molecule has 0 aliphatic carbocycles. The minimum atomic E-state index is -0.171. The third kappa shape index (κ3) is 2.93. The van der Waals surface area contributed by atoms with Crippen LogP contribution in [0.2, 0.25) is 0 Å². The highest BCUT2D eigenvalue weighted by Gasteiger charge is 2.27. The molecule has 0 bridgehead atoms. The van der Waals surface area contributed by atoms with Crippen molar-refractivity contribution in [1.82, 2.24) is 10.6 Å². The van der Waals surface area contributed by atoms with Crippen LogP contribution in [0.25, 0.3) is 0 Å². The SMILES string of the molecule is Cc1ccc(C(C)(C)CNC(=O)C2CCNC2)o1. The summed E-state index contributed by atoms with van der Waals surface area (Å²) in [5.41, 5.74) is -0.171. The van der Waals surface area contributed by atoms with Crippen LogP contribution in [0.4, 0.5) is 0 Å². The summed E-state index contributed by atoms with van der Waals surface area (Å²) in [7, 11) is 0. The monoisotopic (exact) mass is 250 g/mol. The summed E-state index contributed by atoms with van der Waals surface area (Å²) < 4.78 is 5.64. The predicted octanol–water partition coefficient (Wildman–Crippen LogP) is 1.59. The van der Waals surface area contributed by atoms with E-state index in [2.05, 4.69) is 24.5 Å². The van der Waals surface area contributed by atoms with Gasteiger partial charge in [-0.1, -0.05) is 13.8 Å². The maximum Gasteiger partial charge on any atom is 0.224 e. The molecule has 0 aromatic carbocycles. The summed E-state index contributed by atoms with van der Waals surface area (Å²) in [6.07, 6.45) is 0.937. The average molecular weight is 250 g/mol. The molecule has 1 aliphatic rings. The standard InChI is InChI=1S/C14H22N2O2/c1-10-4-5-12(18-10)14(2,3)9-16-13(17)11-6-7-15-8-11/h4-5,11,15H,6-9H2,1-3H3,(H,16,17). The summed E-state index contributed by atoms with van der Waals surface area (Å²) in [5.74, 6) is 2.10. The first-order chi connectivity index (χ1) is 8.49. The van der Waals surface area contributed by atoms with Crippen molar-refractivity contribution < 1.29 is 9.21 Å². The van der Waals surface area contributed by atoms with Crippen molar-refractivity contribution in [3.05, 3.63) is 23.7 Å². The number of aryl methyl sites for hydroxylation is 1. The highest BCUT2D eigenvalue weighted by atomic mass is 16.3. The van der Waals surface area contributed by atoms with E-state index in [0.29, 0.717) is 6.54 Å². The molecule has 2 rings (SSSR count). The largest absolute Gasteiger partial charge is 0.466 e. The lowest BCUT2D eigenvalue weighted by Crippen LogP contribution is -2.40. The Morgan fingerprint density at radius 2 is 2.33 bits per heavy atom. The second kappa shape index (κ2) is 5.14. The van der Waals surface area contributed by atoms with Gasteiger partial charge in [0.2, 0.25) is 5.91 Å². The zero-order chi connectivity index (χ0) is 13.2. The maximum atomic E-state index is 11.9. The van der Waals surface area contributed by atoms with Gasteiger partial charge in [-0.15, -0.1) is 0 Å². The van der Waals surface area contributed by atoms with Crippen LogP contribution in [0.1, 0.15) is 31.8 Å². The van der Waals surface area contributed by atoms with Gasteiger partial charge in [-0.3, -0.25) is 4.79 Å². The van der Waals surface area contributed by atoms with Crippen LogP contribution in [-0.2, 0) is 10.2 Å². The molecule has 1 aliphatic heterocycles. The van der Waals surface area contributed by atoms with Gasteiger partial charge in [0, 0.05) is 18.5 Å². The molecule has 1 amide bonds. The molecule has 18 heavy (non-hydrogen) atoms. The van der Waals surface area contributed by atoms with Crippen LogP contribution in [0, 0.1) is 12.8 Å². The molecular formula is C14H22N2O2. The molecule has 1 aromatic heterocycles. The molecule has 0 spiro atoms. The third-order valence-corrected chi connectivity index (χ3v) is 3.54. The second-order valence-corrected chi connectivity index (χ2v) is 5.70. The number of hydrogen-bond acceptors (Lipinski definition) is 3. The zero-order valence-electron chi connectivity index (χ0n) is 11.4. The van der Waals surface area contributed by atoms with Crippen molar-refractivity contribution in [1.29, 1.82) is 0 Å². The lowest BCUT2D eigenvalue weighted by Gasteiger charge is -2.23. The average Bonchev–Trinajstić information content (AvgIpc) is 2.96. The molecular weight excluding hydrogens is 228 g/mol. The number of furan rings is 1. The summed E-state index contributed by atoms with van der Waals surface area (Å²) >= 11 is 0. The second-order valence-electron chi connectivity index (χ2n) is 5.70. The van der Waals surface area contributed by atoms with Gasteiger partial charge in [0.15, 0.2) is 0 Å². The zero-order valence-corrected chi connectivity index (χ0v) is 11.4. The number of carbonyl (C=O) groups excluding carboxylic acids is 1. The third-order valence-electron chi connectivity index (χ3n) is 3.54. The first-order valence-corrected chi connectivity index (χ1v) is 6.54. The van der Waals surface area contributed by atoms with Crippen LogP contribution in [0.15, 0.2) is 16.5 Å². The Labute approximate surface area is 108 Å². The highest BCUT2D eigenvalue weighted by molar-refractivity contribution is 5.79. The Hall–Kier alpha value is -1.29. The minimum Gasteiger partial charge on any atom is -0.466 e. The van der Waals surface area contributed by atoms with E-state index < -0.39 is 0 Å². The van der Waals surface area contributed by atoms with E-state index in [1.54, 1.807) is 0 Å². The summed E-state index contributed by atoms with van der Waals surface area (Å²) in [5, 5.41) is 6.24. The van der Waals surface area contributed by atoms with Gasteiger partial charge in [0.25, 0.3) is 0 Å². The summed E-state index contributed by atoms with van der Waals surface area (Å²) in [6.45, 7) is 8.44. The van der Waals surface area contributed by atoms with Gasteiger partial charge in [-0.05, 0) is 32.0 Å². The van der Waals surface area contributed by atoms with Crippen LogP contribution in [-0.4, -0.2) is 25.5 Å². The quantitative estimate of drug-likeness (QED) is 0.853. The molecule has 4 heteroatoms. The Kier molecular flexibility index (Phi) is 3.76. The van der Waals surface area contributed by atoms with E-state index >= 15 is 0 Å². The molecule has 0 radical (unpaired) electrons. The fourth-order valence-electron chi connectivity index (χ4n) is 2.22. The number of carbonyl (C=O) groups is 1. The fourth-order valence-corrected chi connectivity index (χ4v) is 2.22. The Morgan fingerprint density at radius 1 is 1.56 bits per heavy atom. The van der Waals surface area contributed by atoms with Crippen molar-refractivity contribution in [2.75, 3.05) is 19.6 Å². The van der Waals surface area contributed by atoms with Gasteiger partial charge in [-0.25, -0.2) is 0 Å². The smallest absolute Gasteiger partial charge is 0.224 e. The Balaban J connectivity index is 1.90. The lowest BCUT2D eigenvalue weighted by atomic mass is 9.90. The number of rotatable bonds is 4. The first kappa shape index (κ1) is 13.1. The molecule has 1 aromatic rings. The molecule has 1 unspecified atom stereocenters. The van der Waals surface area contributed by atoms with Gasteiger partial charge in [-0.2, -0.15) is 0 Å². The molecule has 1 fully saturated rings. The van der Waals surface area contributed by atoms with Crippen molar-refractivity contribution in [2.45, 2.75) is 32.6 Å². The number of hydrogen-bond donors (Lipinski definition) is 2. The number of amides is 1. The molecule has 4 nitrogen and oxygen atoms in total. The van der Waals surface area contributed by atoms with E-state index in [1.807, 2.05) is 19.1 Å². The Bertz CT molecular complexity index is 417. The van der Waals surface area contributed by atoms with E-state index in [0.717, 1.165) is 31.0 Å². The molecule has 2 heterocycles. The van der Waals surface area contributed by atoms with Gasteiger partial charge in [0.05, 0.1) is 5.92 Å². The maximum absolute atomic E-state index is 11.9. The van der Waals surface area contributed by atoms with Crippen molar-refractivity contribution in [3.8, 4) is 0 Å². The molecule has 1 atom stereocenters.